The molecule has 2 aliphatic rings. The van der Waals surface area contributed by atoms with E-state index in [1.807, 2.05) is 21.9 Å². The van der Waals surface area contributed by atoms with E-state index in [-0.39, 0.29) is 11.8 Å². The summed E-state index contributed by atoms with van der Waals surface area (Å²) >= 11 is 0. The van der Waals surface area contributed by atoms with Crippen LogP contribution in [-0.4, -0.2) is 61.5 Å². The molecule has 2 aliphatic heterocycles. The van der Waals surface area contributed by atoms with E-state index in [2.05, 4.69) is 12.1 Å². The predicted molar refractivity (Wildman–Crippen MR) is 101 cm³/mol. The minimum absolute atomic E-state index is 0.164. The second-order valence-corrected chi connectivity index (χ2v) is 7.47. The molecule has 5 nitrogen and oxygen atoms in total. The first-order valence-corrected chi connectivity index (χ1v) is 9.82. The molecule has 1 aromatic rings. The summed E-state index contributed by atoms with van der Waals surface area (Å²) in [7, 11) is 1.63. The van der Waals surface area contributed by atoms with E-state index < -0.39 is 0 Å². The highest BCUT2D eigenvalue weighted by Crippen LogP contribution is 2.23. The number of hydrogen-bond donors (Lipinski definition) is 0. The van der Waals surface area contributed by atoms with Crippen LogP contribution < -0.4 is 0 Å². The Morgan fingerprint density at radius 1 is 1.00 bits per heavy atom. The van der Waals surface area contributed by atoms with Gasteiger partial charge >= 0.3 is 0 Å². The number of amides is 2. The molecule has 142 valence electrons. The third-order valence-electron chi connectivity index (χ3n) is 5.61. The lowest BCUT2D eigenvalue weighted by molar-refractivity contribution is -0.133. The zero-order chi connectivity index (χ0) is 18.4. The minimum Gasteiger partial charge on any atom is -0.384 e. The van der Waals surface area contributed by atoms with Gasteiger partial charge in [0.1, 0.15) is 0 Å². The molecule has 0 atom stereocenters. The van der Waals surface area contributed by atoms with Gasteiger partial charge in [0.25, 0.3) is 5.91 Å². The van der Waals surface area contributed by atoms with Gasteiger partial charge in [-0.25, -0.2) is 0 Å². The lowest BCUT2D eigenvalue weighted by Crippen LogP contribution is -2.39. The summed E-state index contributed by atoms with van der Waals surface area (Å²) in [6.45, 7) is 3.98. The number of likely N-dealkylation sites (tertiary alicyclic amines) is 2. The lowest BCUT2D eigenvalue weighted by atomic mass is 9.90. The Labute approximate surface area is 156 Å². The van der Waals surface area contributed by atoms with Crippen LogP contribution in [0, 0.1) is 5.92 Å². The van der Waals surface area contributed by atoms with Crippen LogP contribution in [0.4, 0.5) is 0 Å². The van der Waals surface area contributed by atoms with Crippen molar-refractivity contribution in [3.05, 3.63) is 35.4 Å². The summed E-state index contributed by atoms with van der Waals surface area (Å²) in [6, 6.07) is 8.14. The van der Waals surface area contributed by atoms with Crippen molar-refractivity contribution in [2.75, 3.05) is 39.9 Å². The molecule has 2 fully saturated rings. The normalized spacial score (nSPS) is 18.3. The Bertz CT molecular complexity index is 600. The molecule has 0 aromatic heterocycles. The van der Waals surface area contributed by atoms with E-state index in [1.54, 1.807) is 7.11 Å². The SMILES string of the molecule is COCCC(=O)N1CCC(Cc2ccc(C(=O)N3CCCC3)cc2)CC1. The van der Waals surface area contributed by atoms with Crippen molar-refractivity contribution < 1.29 is 14.3 Å². The van der Waals surface area contributed by atoms with Gasteiger partial charge in [0.2, 0.25) is 5.91 Å². The molecular weight excluding hydrogens is 328 g/mol. The van der Waals surface area contributed by atoms with Gasteiger partial charge in [-0.3, -0.25) is 9.59 Å². The number of carbonyl (C=O) groups is 2. The van der Waals surface area contributed by atoms with Gasteiger partial charge in [0.15, 0.2) is 0 Å². The average Bonchev–Trinajstić information content (AvgIpc) is 3.21. The van der Waals surface area contributed by atoms with Gasteiger partial charge in [-0.15, -0.1) is 0 Å². The first-order chi connectivity index (χ1) is 12.7. The number of hydrogen-bond acceptors (Lipinski definition) is 3. The van der Waals surface area contributed by atoms with Crippen molar-refractivity contribution in [2.45, 2.75) is 38.5 Å². The smallest absolute Gasteiger partial charge is 0.253 e. The monoisotopic (exact) mass is 358 g/mol. The van der Waals surface area contributed by atoms with Gasteiger partial charge in [0.05, 0.1) is 13.0 Å². The first kappa shape index (κ1) is 18.9. The Hall–Kier alpha value is -1.88. The lowest BCUT2D eigenvalue weighted by Gasteiger charge is -2.32. The summed E-state index contributed by atoms with van der Waals surface area (Å²) in [6.07, 6.45) is 5.85. The van der Waals surface area contributed by atoms with Crippen LogP contribution in [0.3, 0.4) is 0 Å². The summed E-state index contributed by atoms with van der Waals surface area (Å²) in [5, 5.41) is 0. The first-order valence-electron chi connectivity index (χ1n) is 9.82. The maximum Gasteiger partial charge on any atom is 0.253 e. The topological polar surface area (TPSA) is 49.9 Å². The summed E-state index contributed by atoms with van der Waals surface area (Å²) in [4.78, 5) is 28.4. The molecule has 26 heavy (non-hydrogen) atoms. The van der Waals surface area contributed by atoms with Crippen molar-refractivity contribution >= 4 is 11.8 Å². The van der Waals surface area contributed by atoms with Crippen LogP contribution in [0.15, 0.2) is 24.3 Å². The van der Waals surface area contributed by atoms with Gasteiger partial charge in [-0.05, 0) is 55.7 Å². The van der Waals surface area contributed by atoms with Crippen molar-refractivity contribution in [1.29, 1.82) is 0 Å². The Kier molecular flexibility index (Phi) is 6.67. The van der Waals surface area contributed by atoms with Gasteiger partial charge in [-0.1, -0.05) is 12.1 Å². The largest absolute Gasteiger partial charge is 0.384 e. The third kappa shape index (κ3) is 4.85. The molecule has 0 unspecified atom stereocenters. The molecule has 0 N–H and O–H groups in total. The molecule has 0 aliphatic carbocycles. The maximum atomic E-state index is 12.4. The van der Waals surface area contributed by atoms with E-state index in [0.717, 1.165) is 63.8 Å². The van der Waals surface area contributed by atoms with Crippen molar-refractivity contribution in [3.63, 3.8) is 0 Å². The molecule has 0 radical (unpaired) electrons. The van der Waals surface area contributed by atoms with E-state index in [1.165, 1.54) is 5.56 Å². The van der Waals surface area contributed by atoms with Crippen LogP contribution in [0.1, 0.15) is 48.0 Å². The quantitative estimate of drug-likeness (QED) is 0.786. The van der Waals surface area contributed by atoms with Crippen LogP contribution in [0.25, 0.3) is 0 Å². The van der Waals surface area contributed by atoms with E-state index >= 15 is 0 Å². The molecule has 3 rings (SSSR count). The number of methoxy groups -OCH3 is 1. The molecule has 5 heteroatoms. The van der Waals surface area contributed by atoms with Gasteiger partial charge in [-0.2, -0.15) is 0 Å². The number of carbonyl (C=O) groups excluding carboxylic acids is 2. The fourth-order valence-corrected chi connectivity index (χ4v) is 3.95. The highest BCUT2D eigenvalue weighted by atomic mass is 16.5. The van der Waals surface area contributed by atoms with Crippen molar-refractivity contribution in [1.82, 2.24) is 9.80 Å². The fraction of sp³-hybridized carbons (Fsp3) is 0.619. The zero-order valence-corrected chi connectivity index (χ0v) is 15.8. The van der Waals surface area contributed by atoms with Crippen LogP contribution in [0.2, 0.25) is 0 Å². The second-order valence-electron chi connectivity index (χ2n) is 7.47. The number of rotatable bonds is 6. The number of benzene rings is 1. The molecule has 0 saturated carbocycles. The van der Waals surface area contributed by atoms with Gasteiger partial charge < -0.3 is 14.5 Å². The maximum absolute atomic E-state index is 12.4. The molecule has 2 amide bonds. The summed E-state index contributed by atoms with van der Waals surface area (Å²) in [5.41, 5.74) is 2.08. The Morgan fingerprint density at radius 2 is 1.65 bits per heavy atom. The minimum atomic E-state index is 0.164. The molecule has 2 heterocycles. The third-order valence-corrected chi connectivity index (χ3v) is 5.61. The number of nitrogens with zero attached hydrogens (tertiary/aromatic N) is 2. The fourth-order valence-electron chi connectivity index (χ4n) is 3.95. The highest BCUT2D eigenvalue weighted by molar-refractivity contribution is 5.94. The van der Waals surface area contributed by atoms with Crippen LogP contribution in [0.5, 0.6) is 0 Å². The predicted octanol–water partition coefficient (Wildman–Crippen LogP) is 2.74. The standard InChI is InChI=1S/C21H30N2O3/c1-26-15-10-20(24)22-13-8-18(9-14-22)16-17-4-6-19(7-5-17)21(25)23-11-2-3-12-23/h4-7,18H,2-3,8-16H2,1H3. The zero-order valence-electron chi connectivity index (χ0n) is 15.8. The second kappa shape index (κ2) is 9.17. The summed E-state index contributed by atoms with van der Waals surface area (Å²) in [5.74, 6) is 0.980. The number of piperidine rings is 1. The van der Waals surface area contributed by atoms with Gasteiger partial charge in [0, 0.05) is 38.9 Å². The van der Waals surface area contributed by atoms with E-state index in [9.17, 15) is 9.59 Å². The van der Waals surface area contributed by atoms with Crippen molar-refractivity contribution in [2.24, 2.45) is 5.92 Å². The molecule has 1 aromatic carbocycles. The Balaban J connectivity index is 1.46. The summed E-state index contributed by atoms with van der Waals surface area (Å²) < 4.78 is 4.99. The Morgan fingerprint density at radius 3 is 2.27 bits per heavy atom. The average molecular weight is 358 g/mol. The molecule has 0 bridgehead atoms. The van der Waals surface area contributed by atoms with E-state index in [4.69, 9.17) is 4.74 Å². The number of ether oxygens (including phenoxy) is 1. The molecule has 0 spiro atoms. The van der Waals surface area contributed by atoms with E-state index in [0.29, 0.717) is 18.9 Å². The molecular formula is C21H30N2O3. The highest BCUT2D eigenvalue weighted by Gasteiger charge is 2.23. The van der Waals surface area contributed by atoms with Crippen LogP contribution in [-0.2, 0) is 16.0 Å². The van der Waals surface area contributed by atoms with Crippen molar-refractivity contribution in [3.8, 4) is 0 Å². The molecule has 2 saturated heterocycles. The van der Waals surface area contributed by atoms with Crippen LogP contribution >= 0.6 is 0 Å².